The molecule has 0 amide bonds. The minimum absolute atomic E-state index is 0.0741. The van der Waals surface area contributed by atoms with E-state index in [0.29, 0.717) is 10.6 Å². The van der Waals surface area contributed by atoms with Crippen LogP contribution in [0.25, 0.3) is 10.9 Å². The van der Waals surface area contributed by atoms with Crippen molar-refractivity contribution in [3.8, 4) is 6.07 Å². The number of para-hydroxylation sites is 1. The van der Waals surface area contributed by atoms with Crippen molar-refractivity contribution in [2.45, 2.75) is 6.42 Å². The third-order valence-corrected chi connectivity index (χ3v) is 3.62. The zero-order chi connectivity index (χ0) is 14.8. The van der Waals surface area contributed by atoms with Gasteiger partial charge < -0.3 is 0 Å². The molecule has 3 nitrogen and oxygen atoms in total. The van der Waals surface area contributed by atoms with Gasteiger partial charge in [0.15, 0.2) is 0 Å². The Morgan fingerprint density at radius 2 is 1.86 bits per heavy atom. The van der Waals surface area contributed by atoms with Crippen LogP contribution in [0.4, 0.5) is 0 Å². The van der Waals surface area contributed by atoms with Gasteiger partial charge in [0.1, 0.15) is 6.07 Å². The third kappa shape index (κ3) is 2.54. The van der Waals surface area contributed by atoms with Gasteiger partial charge in [0.05, 0.1) is 17.5 Å². The van der Waals surface area contributed by atoms with Crippen molar-refractivity contribution in [3.63, 3.8) is 0 Å². The summed E-state index contributed by atoms with van der Waals surface area (Å²) >= 11 is 5.84. The molecule has 2 aromatic carbocycles. The molecule has 0 unspecified atom stereocenters. The van der Waals surface area contributed by atoms with Crippen LogP contribution in [0.2, 0.25) is 5.02 Å². The molecule has 0 aliphatic carbocycles. The number of nitrogens with zero attached hydrogens (tertiary/aromatic N) is 2. The summed E-state index contributed by atoms with van der Waals surface area (Å²) in [5, 5.41) is 10.6. The number of hydrogen-bond donors (Lipinski definition) is 0. The van der Waals surface area contributed by atoms with Crippen LogP contribution in [0.1, 0.15) is 15.9 Å². The van der Waals surface area contributed by atoms with Gasteiger partial charge in [-0.25, -0.2) is 0 Å². The Morgan fingerprint density at radius 3 is 2.57 bits per heavy atom. The first-order chi connectivity index (χ1) is 10.2. The predicted molar refractivity (Wildman–Crippen MR) is 82.4 cm³/mol. The highest BCUT2D eigenvalue weighted by Gasteiger charge is 2.13. The van der Waals surface area contributed by atoms with Gasteiger partial charge in [-0.1, -0.05) is 41.9 Å². The molecular weight excluding hydrogens is 284 g/mol. The van der Waals surface area contributed by atoms with Crippen LogP contribution in [0.15, 0.2) is 54.7 Å². The Morgan fingerprint density at radius 1 is 1.14 bits per heavy atom. The van der Waals surface area contributed by atoms with Crippen molar-refractivity contribution >= 4 is 28.4 Å². The molecule has 1 heterocycles. The van der Waals surface area contributed by atoms with Gasteiger partial charge in [0.25, 0.3) is 0 Å². The second-order valence-electron chi connectivity index (χ2n) is 4.74. The summed E-state index contributed by atoms with van der Waals surface area (Å²) in [5.41, 5.74) is 2.16. The number of fused-ring (bicyclic) bond motifs is 1. The lowest BCUT2D eigenvalue weighted by atomic mass is 10.1. The zero-order valence-corrected chi connectivity index (χ0v) is 11.8. The Hall–Kier alpha value is -2.57. The Labute approximate surface area is 127 Å². The van der Waals surface area contributed by atoms with Crippen LogP contribution in [-0.4, -0.2) is 10.5 Å². The van der Waals surface area contributed by atoms with Gasteiger partial charge in [-0.15, -0.1) is 0 Å². The Bertz CT molecular complexity index is 857. The van der Waals surface area contributed by atoms with E-state index in [1.807, 2.05) is 36.4 Å². The van der Waals surface area contributed by atoms with E-state index in [-0.39, 0.29) is 12.3 Å². The molecule has 0 bridgehead atoms. The second-order valence-corrected chi connectivity index (χ2v) is 5.18. The molecular formula is C17H11ClN2O. The molecule has 3 aromatic rings. The summed E-state index contributed by atoms with van der Waals surface area (Å²) in [6, 6.07) is 16.7. The van der Waals surface area contributed by atoms with E-state index in [2.05, 4.69) is 6.07 Å². The minimum atomic E-state index is -0.0741. The molecule has 0 radical (unpaired) electrons. The van der Waals surface area contributed by atoms with Crippen LogP contribution in [0.3, 0.4) is 0 Å². The molecule has 0 atom stereocenters. The zero-order valence-electron chi connectivity index (χ0n) is 11.1. The molecule has 21 heavy (non-hydrogen) atoms. The highest BCUT2D eigenvalue weighted by atomic mass is 35.5. The summed E-state index contributed by atoms with van der Waals surface area (Å²) in [4.78, 5) is 12.5. The Balaban J connectivity index is 1.98. The van der Waals surface area contributed by atoms with Crippen LogP contribution < -0.4 is 0 Å². The highest BCUT2D eigenvalue weighted by Crippen LogP contribution is 2.21. The molecule has 0 spiro atoms. The molecule has 102 valence electrons. The monoisotopic (exact) mass is 294 g/mol. The smallest absolute Gasteiger partial charge is 0.235 e. The van der Waals surface area contributed by atoms with Crippen LogP contribution in [0.5, 0.6) is 0 Å². The van der Waals surface area contributed by atoms with Gasteiger partial charge >= 0.3 is 0 Å². The lowest BCUT2D eigenvalue weighted by Crippen LogP contribution is -2.12. The van der Waals surface area contributed by atoms with E-state index in [4.69, 9.17) is 16.9 Å². The van der Waals surface area contributed by atoms with Gasteiger partial charge in [-0.3, -0.25) is 9.36 Å². The number of benzene rings is 2. The van der Waals surface area contributed by atoms with Crippen molar-refractivity contribution in [3.05, 3.63) is 70.9 Å². The molecule has 0 saturated heterocycles. The maximum atomic E-state index is 12.5. The minimum Gasteiger partial charge on any atom is -0.286 e. The van der Waals surface area contributed by atoms with Gasteiger partial charge in [-0.2, -0.15) is 5.26 Å². The van der Waals surface area contributed by atoms with Crippen molar-refractivity contribution in [2.24, 2.45) is 0 Å². The number of aromatic nitrogens is 1. The second kappa shape index (κ2) is 5.43. The van der Waals surface area contributed by atoms with Gasteiger partial charge in [0, 0.05) is 16.6 Å². The topological polar surface area (TPSA) is 45.8 Å². The van der Waals surface area contributed by atoms with Crippen molar-refractivity contribution in [1.29, 1.82) is 5.26 Å². The standard InChI is InChI=1S/C17H11ClN2O/c18-14-7-5-12(6-8-14)9-17(21)20-11-13(10-19)15-3-1-2-4-16(15)20/h1-8,11H,9H2. The first-order valence-corrected chi connectivity index (χ1v) is 6.84. The van der Waals surface area contributed by atoms with E-state index in [0.717, 1.165) is 16.5 Å². The third-order valence-electron chi connectivity index (χ3n) is 3.37. The summed E-state index contributed by atoms with van der Waals surface area (Å²) in [6.45, 7) is 0. The average molecular weight is 295 g/mol. The van der Waals surface area contributed by atoms with Crippen molar-refractivity contribution < 1.29 is 4.79 Å². The van der Waals surface area contributed by atoms with E-state index < -0.39 is 0 Å². The van der Waals surface area contributed by atoms with Gasteiger partial charge in [0.2, 0.25) is 5.91 Å². The van der Waals surface area contributed by atoms with Crippen LogP contribution >= 0.6 is 11.6 Å². The summed E-state index contributed by atoms with van der Waals surface area (Å²) in [7, 11) is 0. The van der Waals surface area contributed by atoms with E-state index in [1.165, 1.54) is 0 Å². The number of rotatable bonds is 2. The number of halogens is 1. The van der Waals surface area contributed by atoms with Gasteiger partial charge in [-0.05, 0) is 23.8 Å². The van der Waals surface area contributed by atoms with Crippen molar-refractivity contribution in [1.82, 2.24) is 4.57 Å². The molecule has 3 rings (SSSR count). The highest BCUT2D eigenvalue weighted by molar-refractivity contribution is 6.30. The van der Waals surface area contributed by atoms with Crippen LogP contribution in [-0.2, 0) is 6.42 Å². The molecule has 0 fully saturated rings. The molecule has 0 saturated carbocycles. The normalized spacial score (nSPS) is 10.5. The first kappa shape index (κ1) is 13.4. The number of hydrogen-bond acceptors (Lipinski definition) is 2. The number of carbonyl (C=O) groups is 1. The SMILES string of the molecule is N#Cc1cn(C(=O)Cc2ccc(Cl)cc2)c2ccccc12. The average Bonchev–Trinajstić information content (AvgIpc) is 2.88. The molecule has 0 aliphatic rings. The van der Waals surface area contributed by atoms with E-state index in [1.54, 1.807) is 22.9 Å². The predicted octanol–water partition coefficient (Wildman–Crippen LogP) is 4.05. The fraction of sp³-hybridized carbons (Fsp3) is 0.0588. The number of carbonyl (C=O) groups excluding carboxylic acids is 1. The fourth-order valence-electron chi connectivity index (χ4n) is 2.34. The molecule has 1 aromatic heterocycles. The summed E-state index contributed by atoms with van der Waals surface area (Å²) in [5.74, 6) is -0.0741. The van der Waals surface area contributed by atoms with E-state index >= 15 is 0 Å². The summed E-state index contributed by atoms with van der Waals surface area (Å²) < 4.78 is 1.54. The molecule has 0 aliphatic heterocycles. The largest absolute Gasteiger partial charge is 0.286 e. The lowest BCUT2D eigenvalue weighted by molar-refractivity contribution is 0.0919. The number of nitriles is 1. The first-order valence-electron chi connectivity index (χ1n) is 6.47. The maximum absolute atomic E-state index is 12.5. The Kier molecular flexibility index (Phi) is 3.47. The molecule has 4 heteroatoms. The van der Waals surface area contributed by atoms with E-state index in [9.17, 15) is 4.79 Å². The lowest BCUT2D eigenvalue weighted by Gasteiger charge is -2.04. The van der Waals surface area contributed by atoms with Crippen LogP contribution in [0, 0.1) is 11.3 Å². The fourth-order valence-corrected chi connectivity index (χ4v) is 2.46. The van der Waals surface area contributed by atoms with Crippen molar-refractivity contribution in [2.75, 3.05) is 0 Å². The maximum Gasteiger partial charge on any atom is 0.235 e. The molecule has 0 N–H and O–H groups in total. The summed E-state index contributed by atoms with van der Waals surface area (Å²) in [6.07, 6.45) is 1.86. The quantitative estimate of drug-likeness (QED) is 0.716.